The summed E-state index contributed by atoms with van der Waals surface area (Å²) >= 11 is 0. The van der Waals surface area contributed by atoms with E-state index in [4.69, 9.17) is 4.99 Å². The third-order valence-corrected chi connectivity index (χ3v) is 4.80. The van der Waals surface area contributed by atoms with Gasteiger partial charge >= 0.3 is 0 Å². The van der Waals surface area contributed by atoms with Gasteiger partial charge in [-0.05, 0) is 42.2 Å². The largest absolute Gasteiger partial charge is 0.357 e. The van der Waals surface area contributed by atoms with Crippen LogP contribution in [0.3, 0.4) is 0 Å². The molecule has 0 aliphatic carbocycles. The first-order valence-corrected chi connectivity index (χ1v) is 10.5. The Bertz CT molecular complexity index is 1000. The molecule has 0 fully saturated rings. The van der Waals surface area contributed by atoms with Crippen molar-refractivity contribution in [3.63, 3.8) is 0 Å². The number of benzene rings is 2. The lowest BCUT2D eigenvalue weighted by Gasteiger charge is -2.12. The maximum absolute atomic E-state index is 11.8. The Morgan fingerprint density at radius 2 is 1.84 bits per heavy atom. The Morgan fingerprint density at radius 1 is 1.06 bits per heavy atom. The average molecular weight is 546 g/mol. The highest BCUT2D eigenvalue weighted by atomic mass is 127. The van der Waals surface area contributed by atoms with Gasteiger partial charge in [-0.15, -0.1) is 24.0 Å². The summed E-state index contributed by atoms with van der Waals surface area (Å²) in [5, 5.41) is 9.33. The number of nitrogens with one attached hydrogen (secondary N) is 3. The third-order valence-electron chi connectivity index (χ3n) is 4.80. The Balaban J connectivity index is 0.00000363. The zero-order valence-corrected chi connectivity index (χ0v) is 20.9. The molecule has 32 heavy (non-hydrogen) atoms. The van der Waals surface area contributed by atoms with Crippen LogP contribution in [0.25, 0.3) is 0 Å². The number of rotatable bonds is 9. The number of imidazole rings is 1. The van der Waals surface area contributed by atoms with Gasteiger partial charge in [0.2, 0.25) is 0 Å². The summed E-state index contributed by atoms with van der Waals surface area (Å²) in [5.74, 6) is 0.713. The van der Waals surface area contributed by atoms with Crippen molar-refractivity contribution in [3.05, 3.63) is 89.5 Å². The summed E-state index contributed by atoms with van der Waals surface area (Å²) < 4.78 is 2.05. The van der Waals surface area contributed by atoms with E-state index in [0.29, 0.717) is 12.1 Å². The van der Waals surface area contributed by atoms with Gasteiger partial charge in [0.15, 0.2) is 5.96 Å². The van der Waals surface area contributed by atoms with Crippen LogP contribution in [0, 0.1) is 0 Å². The van der Waals surface area contributed by atoms with E-state index < -0.39 is 0 Å². The van der Waals surface area contributed by atoms with E-state index in [1.807, 2.05) is 41.4 Å². The van der Waals surface area contributed by atoms with Crippen LogP contribution in [0.4, 0.5) is 0 Å². The van der Waals surface area contributed by atoms with Crippen LogP contribution in [-0.2, 0) is 19.5 Å². The molecule has 1 amide bonds. The van der Waals surface area contributed by atoms with Crippen LogP contribution in [-0.4, -0.2) is 41.6 Å². The number of carbonyl (C=O) groups is 1. The Morgan fingerprint density at radius 3 is 2.59 bits per heavy atom. The van der Waals surface area contributed by atoms with Crippen molar-refractivity contribution in [1.82, 2.24) is 25.5 Å². The van der Waals surface area contributed by atoms with Crippen molar-refractivity contribution in [2.45, 2.75) is 26.4 Å². The number of hydrogen-bond donors (Lipinski definition) is 3. The van der Waals surface area contributed by atoms with Crippen molar-refractivity contribution < 1.29 is 4.79 Å². The van der Waals surface area contributed by atoms with Crippen molar-refractivity contribution >= 4 is 35.8 Å². The van der Waals surface area contributed by atoms with Crippen molar-refractivity contribution in [1.29, 1.82) is 0 Å². The predicted molar refractivity (Wildman–Crippen MR) is 140 cm³/mol. The maximum Gasteiger partial charge on any atom is 0.251 e. The molecule has 3 N–H and O–H groups in total. The lowest BCUT2D eigenvalue weighted by atomic mass is 10.1. The van der Waals surface area contributed by atoms with Gasteiger partial charge in [0.1, 0.15) is 0 Å². The highest BCUT2D eigenvalue weighted by Gasteiger charge is 2.04. The highest BCUT2D eigenvalue weighted by Crippen LogP contribution is 2.09. The standard InChI is InChI=1S/C24H30N6O.HI/c1-3-27-24(28-11-10-19-6-5-9-22(15-19)23(31)25-2)29-16-20-7-4-8-21(14-20)17-30-13-12-26-18-30;/h4-9,12-15,18H,3,10-11,16-17H2,1-2H3,(H,25,31)(H2,27,28,29);1H. The van der Waals surface area contributed by atoms with Gasteiger partial charge in [-0.25, -0.2) is 9.98 Å². The molecule has 0 saturated heterocycles. The first kappa shape index (κ1) is 25.4. The van der Waals surface area contributed by atoms with Gasteiger partial charge < -0.3 is 20.5 Å². The minimum Gasteiger partial charge on any atom is -0.357 e. The summed E-state index contributed by atoms with van der Waals surface area (Å²) in [6.07, 6.45) is 6.37. The second-order valence-electron chi connectivity index (χ2n) is 7.21. The van der Waals surface area contributed by atoms with Crippen LogP contribution < -0.4 is 16.0 Å². The Kier molecular flexibility index (Phi) is 10.7. The second kappa shape index (κ2) is 13.5. The molecule has 7 nitrogen and oxygen atoms in total. The van der Waals surface area contributed by atoms with Gasteiger partial charge in [-0.3, -0.25) is 4.79 Å². The molecule has 0 aliphatic rings. The molecule has 0 saturated carbocycles. The molecule has 3 rings (SSSR count). The lowest BCUT2D eigenvalue weighted by Crippen LogP contribution is -2.38. The zero-order valence-electron chi connectivity index (χ0n) is 18.5. The van der Waals surface area contributed by atoms with Crippen LogP contribution in [0.15, 0.2) is 72.2 Å². The molecular formula is C24H31IN6O. The fraction of sp³-hybridized carbons (Fsp3) is 0.292. The molecule has 2 aromatic carbocycles. The summed E-state index contributed by atoms with van der Waals surface area (Å²) in [7, 11) is 1.64. The van der Waals surface area contributed by atoms with Gasteiger partial charge in [0, 0.05) is 44.6 Å². The van der Waals surface area contributed by atoms with Crippen molar-refractivity contribution in [2.24, 2.45) is 4.99 Å². The van der Waals surface area contributed by atoms with Gasteiger partial charge in [0.05, 0.1) is 12.9 Å². The minimum atomic E-state index is -0.0695. The fourth-order valence-electron chi connectivity index (χ4n) is 3.27. The van der Waals surface area contributed by atoms with Crippen LogP contribution >= 0.6 is 24.0 Å². The molecule has 0 atom stereocenters. The van der Waals surface area contributed by atoms with Gasteiger partial charge in [-0.1, -0.05) is 36.4 Å². The lowest BCUT2D eigenvalue weighted by molar-refractivity contribution is 0.0963. The molecule has 1 aromatic heterocycles. The summed E-state index contributed by atoms with van der Waals surface area (Å²) in [4.78, 5) is 20.6. The second-order valence-corrected chi connectivity index (χ2v) is 7.21. The minimum absolute atomic E-state index is 0. The number of nitrogens with zero attached hydrogens (tertiary/aromatic N) is 3. The Hall–Kier alpha value is -2.88. The van der Waals surface area contributed by atoms with E-state index in [1.165, 1.54) is 5.56 Å². The van der Waals surface area contributed by atoms with Crippen molar-refractivity contribution in [3.8, 4) is 0 Å². The molecule has 0 bridgehead atoms. The molecule has 1 heterocycles. The summed E-state index contributed by atoms with van der Waals surface area (Å²) in [5.41, 5.74) is 4.17. The van der Waals surface area contributed by atoms with E-state index in [-0.39, 0.29) is 29.9 Å². The quantitative estimate of drug-likeness (QED) is 0.219. The van der Waals surface area contributed by atoms with E-state index in [1.54, 1.807) is 13.2 Å². The maximum atomic E-state index is 11.8. The van der Waals surface area contributed by atoms with Gasteiger partial charge in [0.25, 0.3) is 5.91 Å². The zero-order chi connectivity index (χ0) is 21.9. The number of halogens is 1. The topological polar surface area (TPSA) is 83.3 Å². The molecular weight excluding hydrogens is 515 g/mol. The van der Waals surface area contributed by atoms with Crippen LogP contribution in [0.2, 0.25) is 0 Å². The highest BCUT2D eigenvalue weighted by molar-refractivity contribution is 14.0. The van der Waals surface area contributed by atoms with E-state index in [9.17, 15) is 4.79 Å². The molecule has 0 radical (unpaired) electrons. The Labute approximate surface area is 206 Å². The first-order chi connectivity index (χ1) is 15.2. The summed E-state index contributed by atoms with van der Waals surface area (Å²) in [6.45, 7) is 4.96. The van der Waals surface area contributed by atoms with Crippen LogP contribution in [0.5, 0.6) is 0 Å². The average Bonchev–Trinajstić information content (AvgIpc) is 3.30. The third kappa shape index (κ3) is 7.99. The molecule has 3 aromatic rings. The first-order valence-electron chi connectivity index (χ1n) is 10.5. The molecule has 0 spiro atoms. The predicted octanol–water partition coefficient (Wildman–Crippen LogP) is 3.21. The number of carbonyl (C=O) groups excluding carboxylic acids is 1. The number of hydrogen-bond acceptors (Lipinski definition) is 3. The smallest absolute Gasteiger partial charge is 0.251 e. The molecule has 0 aliphatic heterocycles. The van der Waals surface area contributed by atoms with E-state index >= 15 is 0 Å². The van der Waals surface area contributed by atoms with E-state index in [0.717, 1.165) is 43.1 Å². The normalized spacial score (nSPS) is 10.9. The number of aromatic nitrogens is 2. The number of amides is 1. The number of guanidine groups is 1. The van der Waals surface area contributed by atoms with Crippen LogP contribution in [0.1, 0.15) is 34.0 Å². The van der Waals surface area contributed by atoms with E-state index in [2.05, 4.69) is 52.1 Å². The summed E-state index contributed by atoms with van der Waals surface area (Å²) in [6, 6.07) is 16.1. The SMILES string of the molecule is CCNC(=NCc1cccc(Cn2ccnc2)c1)NCCc1cccc(C(=O)NC)c1.I. The molecule has 8 heteroatoms. The number of aliphatic imine (C=N–C) groups is 1. The monoisotopic (exact) mass is 546 g/mol. The van der Waals surface area contributed by atoms with Crippen molar-refractivity contribution in [2.75, 3.05) is 20.1 Å². The molecule has 0 unspecified atom stereocenters. The van der Waals surface area contributed by atoms with Gasteiger partial charge in [-0.2, -0.15) is 0 Å². The molecule has 170 valence electrons. The fourth-order valence-corrected chi connectivity index (χ4v) is 3.27.